The van der Waals surface area contributed by atoms with Gasteiger partial charge >= 0.3 is 12.1 Å². The molecule has 0 aliphatic rings. The molecule has 0 saturated heterocycles. The maximum atomic E-state index is 12.7. The number of halogens is 3. The Bertz CT molecular complexity index is 1240. The maximum absolute atomic E-state index is 12.7. The van der Waals surface area contributed by atoms with Gasteiger partial charge in [0.2, 0.25) is 10.0 Å². The number of sulfonamides is 1. The molecule has 10 nitrogen and oxygen atoms in total. The molecule has 0 saturated carbocycles. The minimum atomic E-state index is -4.83. The van der Waals surface area contributed by atoms with E-state index in [4.69, 9.17) is 11.2 Å². The average molecular weight is 485 g/mol. The minimum Gasteiger partial charge on any atom is -0.452 e. The average Bonchev–Trinajstić information content (AvgIpc) is 2.75. The number of esters is 1. The Morgan fingerprint density at radius 3 is 2.48 bits per heavy atom. The molecule has 0 spiro atoms. The Morgan fingerprint density at radius 2 is 1.88 bits per heavy atom. The van der Waals surface area contributed by atoms with Crippen molar-refractivity contribution in [1.29, 1.82) is 0 Å². The fourth-order valence-corrected chi connectivity index (χ4v) is 3.36. The minimum absolute atomic E-state index is 0.230. The summed E-state index contributed by atoms with van der Waals surface area (Å²) in [6.07, 6.45) is 0.159. The van der Waals surface area contributed by atoms with Gasteiger partial charge in [0.1, 0.15) is 5.69 Å². The Labute approximate surface area is 184 Å². The summed E-state index contributed by atoms with van der Waals surface area (Å²) in [5, 5.41) is 13.0. The Kier molecular flexibility index (Phi) is 7.75. The van der Waals surface area contributed by atoms with Gasteiger partial charge in [-0.2, -0.15) is 17.9 Å². The Balaban J connectivity index is 2.09. The first kappa shape index (κ1) is 25.3. The van der Waals surface area contributed by atoms with Gasteiger partial charge < -0.3 is 10.1 Å². The quantitative estimate of drug-likeness (QED) is 0.253. The predicted molar refractivity (Wildman–Crippen MR) is 107 cm³/mol. The third-order valence-corrected chi connectivity index (χ3v) is 5.27. The Morgan fingerprint density at radius 1 is 1.18 bits per heavy atom. The lowest BCUT2D eigenvalue weighted by Gasteiger charge is -2.10. The van der Waals surface area contributed by atoms with Crippen LogP contribution >= 0.6 is 0 Å². The number of alkyl halides is 3. The van der Waals surface area contributed by atoms with E-state index in [9.17, 15) is 41.3 Å². The van der Waals surface area contributed by atoms with Gasteiger partial charge in [-0.1, -0.05) is 12.0 Å². The van der Waals surface area contributed by atoms with Gasteiger partial charge in [0.25, 0.3) is 11.6 Å². The highest BCUT2D eigenvalue weighted by molar-refractivity contribution is 7.89. The number of carbonyl (C=O) groups is 2. The molecule has 0 radical (unpaired) electrons. The first-order valence-corrected chi connectivity index (χ1v) is 10.2. The molecule has 0 bridgehead atoms. The van der Waals surface area contributed by atoms with Crippen molar-refractivity contribution in [2.24, 2.45) is 0 Å². The molecule has 0 aliphatic heterocycles. The van der Waals surface area contributed by atoms with Crippen molar-refractivity contribution < 1.29 is 40.8 Å². The van der Waals surface area contributed by atoms with Gasteiger partial charge in [-0.25, -0.2) is 13.2 Å². The summed E-state index contributed by atoms with van der Waals surface area (Å²) in [4.78, 5) is 33.8. The number of nitrogens with one attached hydrogen (secondary N) is 2. The third-order valence-electron chi connectivity index (χ3n) is 3.87. The molecule has 0 fully saturated rings. The number of rotatable bonds is 8. The normalized spacial score (nSPS) is 11.3. The lowest BCUT2D eigenvalue weighted by Crippen LogP contribution is -2.24. The molecule has 2 rings (SSSR count). The second-order valence-corrected chi connectivity index (χ2v) is 7.93. The van der Waals surface area contributed by atoms with Crippen molar-refractivity contribution in [2.45, 2.75) is 11.1 Å². The van der Waals surface area contributed by atoms with Crippen LogP contribution in [0.25, 0.3) is 0 Å². The molecular formula is C19H14F3N3O7S. The molecular weight excluding hydrogens is 471 g/mol. The van der Waals surface area contributed by atoms with Crippen LogP contribution in [-0.2, 0) is 25.7 Å². The molecule has 174 valence electrons. The monoisotopic (exact) mass is 485 g/mol. The van der Waals surface area contributed by atoms with Crippen LogP contribution in [0.3, 0.4) is 0 Å². The number of hydrogen-bond acceptors (Lipinski definition) is 7. The van der Waals surface area contributed by atoms with Crippen LogP contribution in [0.4, 0.5) is 24.5 Å². The highest BCUT2D eigenvalue weighted by Crippen LogP contribution is 2.34. The number of carbonyl (C=O) groups excluding carboxylic acids is 2. The van der Waals surface area contributed by atoms with E-state index in [-0.39, 0.29) is 23.1 Å². The second kappa shape index (κ2) is 10.1. The fourth-order valence-electron chi connectivity index (χ4n) is 2.38. The van der Waals surface area contributed by atoms with Crippen LogP contribution in [-0.4, -0.2) is 38.4 Å². The molecule has 0 aliphatic carbocycles. The summed E-state index contributed by atoms with van der Waals surface area (Å²) >= 11 is 0. The van der Waals surface area contributed by atoms with Crippen LogP contribution < -0.4 is 10.0 Å². The molecule has 14 heteroatoms. The van der Waals surface area contributed by atoms with E-state index in [1.807, 2.05) is 5.32 Å². The van der Waals surface area contributed by atoms with E-state index in [1.54, 1.807) is 0 Å². The molecule has 2 aromatic carbocycles. The van der Waals surface area contributed by atoms with Crippen molar-refractivity contribution in [2.75, 3.05) is 18.5 Å². The number of amides is 1. The highest BCUT2D eigenvalue weighted by Gasteiger charge is 2.33. The van der Waals surface area contributed by atoms with Gasteiger partial charge in [0.05, 0.1) is 27.5 Å². The first-order valence-electron chi connectivity index (χ1n) is 8.71. The summed E-state index contributed by atoms with van der Waals surface area (Å²) in [5.74, 6) is -0.0936. The maximum Gasteiger partial charge on any atom is 0.416 e. The second-order valence-electron chi connectivity index (χ2n) is 6.17. The van der Waals surface area contributed by atoms with Crippen LogP contribution in [0.15, 0.2) is 47.4 Å². The van der Waals surface area contributed by atoms with Gasteiger partial charge in [-0.05, 0) is 30.3 Å². The molecule has 1 amide bonds. The van der Waals surface area contributed by atoms with E-state index in [1.165, 1.54) is 18.2 Å². The van der Waals surface area contributed by atoms with Gasteiger partial charge in [0, 0.05) is 6.07 Å². The fraction of sp³-hybridized carbons (Fsp3) is 0.158. The third kappa shape index (κ3) is 6.76. The van der Waals surface area contributed by atoms with Crippen molar-refractivity contribution >= 4 is 33.3 Å². The number of nitro benzene ring substituents is 1. The number of anilines is 1. The zero-order chi connectivity index (χ0) is 24.8. The predicted octanol–water partition coefficient (Wildman–Crippen LogP) is 2.32. The number of nitrogens with zero attached hydrogens (tertiary/aromatic N) is 1. The number of nitro groups is 1. The van der Waals surface area contributed by atoms with Crippen LogP contribution in [0.2, 0.25) is 0 Å². The molecule has 2 N–H and O–H groups in total. The number of hydrogen-bond donors (Lipinski definition) is 2. The van der Waals surface area contributed by atoms with Crippen LogP contribution in [0.5, 0.6) is 0 Å². The summed E-state index contributed by atoms with van der Waals surface area (Å²) in [6.45, 7) is -1.24. The van der Waals surface area contributed by atoms with Crippen molar-refractivity contribution in [3.63, 3.8) is 0 Å². The van der Waals surface area contributed by atoms with E-state index >= 15 is 0 Å². The summed E-state index contributed by atoms with van der Waals surface area (Å²) < 4.78 is 69.2. The topological polar surface area (TPSA) is 145 Å². The molecule has 33 heavy (non-hydrogen) atoms. The van der Waals surface area contributed by atoms with Crippen LogP contribution in [0, 0.1) is 22.5 Å². The Hall–Kier alpha value is -3.96. The van der Waals surface area contributed by atoms with E-state index in [0.717, 1.165) is 6.07 Å². The van der Waals surface area contributed by atoms with Gasteiger partial charge in [-0.3, -0.25) is 14.9 Å². The molecule has 0 atom stereocenters. The smallest absolute Gasteiger partial charge is 0.416 e. The lowest BCUT2D eigenvalue weighted by atomic mass is 10.1. The van der Waals surface area contributed by atoms with Crippen molar-refractivity contribution in [3.8, 4) is 12.3 Å². The lowest BCUT2D eigenvalue weighted by molar-refractivity contribution is -0.384. The number of terminal acetylenes is 1. The summed E-state index contributed by atoms with van der Waals surface area (Å²) in [6, 6.07) is 6.09. The van der Waals surface area contributed by atoms with Crippen molar-refractivity contribution in [1.82, 2.24) is 4.72 Å². The largest absolute Gasteiger partial charge is 0.452 e. The van der Waals surface area contributed by atoms with Gasteiger partial charge in [0.15, 0.2) is 6.61 Å². The summed E-state index contributed by atoms with van der Waals surface area (Å²) in [5.41, 5.74) is -3.07. The standard InChI is InChI=1S/C19H14F3N3O7S/c1-2-8-23-33(30,31)14-5-3-4-12(9-14)18(27)32-11-17(26)24-15-7-6-13(19(20,21)22)10-16(15)25(28)29/h1,3-7,9-10,23H,8,11H2,(H,24,26). The van der Waals surface area contributed by atoms with Crippen LogP contribution in [0.1, 0.15) is 15.9 Å². The number of ether oxygens (including phenoxy) is 1. The van der Waals surface area contributed by atoms with E-state index in [2.05, 4.69) is 10.6 Å². The van der Waals surface area contributed by atoms with E-state index in [0.29, 0.717) is 12.1 Å². The molecule has 0 unspecified atom stereocenters. The van der Waals surface area contributed by atoms with E-state index < -0.39 is 56.5 Å². The zero-order valence-electron chi connectivity index (χ0n) is 16.4. The molecule has 0 aromatic heterocycles. The highest BCUT2D eigenvalue weighted by atomic mass is 32.2. The van der Waals surface area contributed by atoms with Gasteiger partial charge in [-0.15, -0.1) is 6.42 Å². The SMILES string of the molecule is C#CCNS(=O)(=O)c1cccc(C(=O)OCC(=O)Nc2ccc(C(F)(F)F)cc2[N+](=O)[O-])c1. The van der Waals surface area contributed by atoms with Crippen molar-refractivity contribution in [3.05, 3.63) is 63.7 Å². The molecule has 2 aromatic rings. The number of benzene rings is 2. The first-order chi connectivity index (χ1) is 15.3. The summed E-state index contributed by atoms with van der Waals surface area (Å²) in [7, 11) is -4.00. The zero-order valence-corrected chi connectivity index (χ0v) is 17.2. The molecule has 0 heterocycles.